The van der Waals surface area contributed by atoms with Gasteiger partial charge in [-0.15, -0.1) is 11.4 Å². The maximum Gasteiger partial charge on any atom is 1.00 e. The van der Waals surface area contributed by atoms with Crippen LogP contribution in [0.2, 0.25) is 0 Å². The Kier molecular flexibility index (Phi) is 30.3. The molecule has 0 aliphatic rings. The molecule has 10 heteroatoms. The van der Waals surface area contributed by atoms with E-state index in [0.717, 1.165) is 0 Å². The van der Waals surface area contributed by atoms with Gasteiger partial charge < -0.3 is 19.9 Å². The topological polar surface area (TPSA) is 127 Å². The number of thiol groups is 1. The summed E-state index contributed by atoms with van der Waals surface area (Å²) >= 11 is 0.538. The molecule has 0 amide bonds. The number of rotatable bonds is 2. The van der Waals surface area contributed by atoms with E-state index >= 15 is 0 Å². The van der Waals surface area contributed by atoms with Crippen molar-refractivity contribution in [2.45, 2.75) is 6.04 Å². The fourth-order valence-corrected chi connectivity index (χ4v) is 0.234. The number of aliphatic carboxylic acids is 1. The Balaban J connectivity index is -0.0000000600. The molecule has 0 saturated carbocycles. The van der Waals surface area contributed by atoms with Gasteiger partial charge in [0.25, 0.3) is 0 Å². The molecule has 0 aromatic carbocycles. The average molecular weight is 247 g/mol. The molecule has 0 unspecified atom stereocenters. The molecule has 13 heavy (non-hydrogen) atoms. The molecule has 0 aliphatic carbocycles. The van der Waals surface area contributed by atoms with Gasteiger partial charge in [-0.25, -0.2) is 0 Å². The molecule has 6 nitrogen and oxygen atoms in total. The van der Waals surface area contributed by atoms with Crippen LogP contribution < -0.4 is 64.8 Å². The Bertz CT molecular complexity index is 144. The van der Waals surface area contributed by atoms with Gasteiger partial charge in [0.15, 0.2) is 0 Å². The van der Waals surface area contributed by atoms with E-state index in [0.29, 0.717) is 0 Å². The van der Waals surface area contributed by atoms with E-state index in [1.54, 1.807) is 0 Å². The molecule has 1 atom stereocenters. The van der Waals surface area contributed by atoms with Crippen LogP contribution in [0.25, 0.3) is 0 Å². The molecular formula is C3H7NNa2O5S2. The Labute approximate surface area is 128 Å². The van der Waals surface area contributed by atoms with Crippen molar-refractivity contribution < 1.29 is 82.3 Å². The van der Waals surface area contributed by atoms with E-state index in [1.807, 2.05) is 0 Å². The van der Waals surface area contributed by atoms with E-state index in [9.17, 15) is 4.79 Å². The normalized spacial score (nSPS) is 9.92. The molecule has 68 valence electrons. The molecule has 0 radical (unpaired) electrons. The van der Waals surface area contributed by atoms with Crippen molar-refractivity contribution >= 4 is 30.0 Å². The van der Waals surface area contributed by atoms with Gasteiger partial charge in [-0.1, -0.05) is 0 Å². The van der Waals surface area contributed by atoms with Crippen molar-refractivity contribution in [2.75, 3.05) is 5.75 Å². The second kappa shape index (κ2) is 16.3. The van der Waals surface area contributed by atoms with E-state index in [-0.39, 0.29) is 64.9 Å². The molecular weight excluding hydrogens is 240 g/mol. The van der Waals surface area contributed by atoms with E-state index in [4.69, 9.17) is 24.2 Å². The maximum atomic E-state index is 9.76. The fourth-order valence-electron chi connectivity index (χ4n) is 0.0781. The van der Waals surface area contributed by atoms with Crippen molar-refractivity contribution in [3.8, 4) is 0 Å². The predicted octanol–water partition coefficient (Wildman–Crippen LogP) is -7.67. The van der Waals surface area contributed by atoms with Crippen molar-refractivity contribution in [1.82, 2.24) is 0 Å². The third-order valence-electron chi connectivity index (χ3n) is 0.514. The van der Waals surface area contributed by atoms with Gasteiger partial charge in [-0.05, 0) is 0 Å². The Hall–Kier alpha value is 1.85. The molecule has 0 aliphatic heterocycles. The van der Waals surface area contributed by atoms with Gasteiger partial charge in [0, 0.05) is 5.75 Å². The minimum atomic E-state index is -3.11. The van der Waals surface area contributed by atoms with E-state index in [1.165, 1.54) is 0 Å². The smallest absolute Gasteiger partial charge is 0.784 e. The summed E-state index contributed by atoms with van der Waals surface area (Å²) in [5.41, 5.74) is 4.94. The number of carbonyl (C=O) groups is 1. The second-order valence-electron chi connectivity index (χ2n) is 1.33. The molecule has 0 saturated heterocycles. The summed E-state index contributed by atoms with van der Waals surface area (Å²) in [6.07, 6.45) is 0. The van der Waals surface area contributed by atoms with Crippen LogP contribution in [0.15, 0.2) is 0 Å². The van der Waals surface area contributed by atoms with Gasteiger partial charge in [-0.3, -0.25) is 9.00 Å². The summed E-state index contributed by atoms with van der Waals surface area (Å²) in [4.78, 5) is 9.76. The third-order valence-corrected chi connectivity index (χ3v) is 0.907. The molecule has 0 bridgehead atoms. The van der Waals surface area contributed by atoms with Crippen LogP contribution in [0.5, 0.6) is 0 Å². The predicted molar refractivity (Wildman–Crippen MR) is 39.2 cm³/mol. The largest absolute Gasteiger partial charge is 1.00 e. The zero-order valence-electron chi connectivity index (χ0n) is 7.30. The molecule has 0 rings (SSSR count). The zero-order valence-corrected chi connectivity index (χ0v) is 13.0. The van der Waals surface area contributed by atoms with Gasteiger partial charge in [0.05, 0.1) is 0 Å². The minimum absolute atomic E-state index is 0. The molecule has 0 fully saturated rings. The third kappa shape index (κ3) is 31.6. The van der Waals surface area contributed by atoms with Crippen LogP contribution in [0.1, 0.15) is 0 Å². The summed E-state index contributed by atoms with van der Waals surface area (Å²) in [6.45, 7) is 0. The molecule has 3 N–H and O–H groups in total. The van der Waals surface area contributed by atoms with Crippen LogP contribution in [0.4, 0.5) is 0 Å². The SMILES string of the molecule is N[C@@H](CS)C(=O)O.O=S([O-])[O-].[Na+].[Na+]. The molecule has 0 heterocycles. The average Bonchev–Trinajstić information content (AvgIpc) is 1.85. The molecule has 0 aromatic heterocycles. The minimum Gasteiger partial charge on any atom is -0.784 e. The van der Waals surface area contributed by atoms with Crippen molar-refractivity contribution in [1.29, 1.82) is 0 Å². The van der Waals surface area contributed by atoms with Gasteiger partial charge in [0.1, 0.15) is 6.04 Å². The summed E-state index contributed by atoms with van der Waals surface area (Å²) < 4.78 is 25.3. The van der Waals surface area contributed by atoms with Crippen LogP contribution in [-0.4, -0.2) is 36.2 Å². The molecule has 0 spiro atoms. The Morgan fingerprint density at radius 1 is 1.54 bits per heavy atom. The Morgan fingerprint density at radius 3 is 1.77 bits per heavy atom. The first-order valence-corrected chi connectivity index (χ1v) is 3.91. The van der Waals surface area contributed by atoms with Gasteiger partial charge in [-0.2, -0.15) is 12.6 Å². The van der Waals surface area contributed by atoms with Crippen LogP contribution in [-0.2, 0) is 16.2 Å². The first-order chi connectivity index (χ1) is 4.91. The first-order valence-electron chi connectivity index (χ1n) is 2.27. The number of hydrogen-bond acceptors (Lipinski definition) is 6. The quantitative estimate of drug-likeness (QED) is 0.253. The van der Waals surface area contributed by atoms with Crippen LogP contribution >= 0.6 is 12.6 Å². The fraction of sp³-hybridized carbons (Fsp3) is 0.667. The maximum absolute atomic E-state index is 9.76. The van der Waals surface area contributed by atoms with Gasteiger partial charge in [0.2, 0.25) is 0 Å². The van der Waals surface area contributed by atoms with Crippen LogP contribution in [0.3, 0.4) is 0 Å². The van der Waals surface area contributed by atoms with Crippen LogP contribution in [0, 0.1) is 0 Å². The monoisotopic (exact) mass is 247 g/mol. The zero-order chi connectivity index (χ0) is 9.44. The van der Waals surface area contributed by atoms with Crippen molar-refractivity contribution in [2.24, 2.45) is 5.73 Å². The van der Waals surface area contributed by atoms with Crippen molar-refractivity contribution in [3.05, 3.63) is 0 Å². The number of carboxylic acid groups (broad SMARTS) is 1. The summed E-state index contributed by atoms with van der Waals surface area (Å²) in [6, 6.07) is -0.816. The standard InChI is InChI=1S/C3H7NO2S.2Na.H2O3S/c4-2(1-7)3(5)6;;;1-4(2)3/h2,7H,1,4H2,(H,5,6);;;(H2,1,2,3)/q;2*+1;/p-2/t2-;;;/m0.../s1. The van der Waals surface area contributed by atoms with E-state index in [2.05, 4.69) is 12.6 Å². The number of nitrogens with two attached hydrogens (primary N) is 1. The Morgan fingerprint density at radius 2 is 1.77 bits per heavy atom. The molecule has 0 aromatic rings. The summed E-state index contributed by atoms with van der Waals surface area (Å²) in [7, 11) is 0. The summed E-state index contributed by atoms with van der Waals surface area (Å²) in [5.74, 6) is -0.815. The second-order valence-corrected chi connectivity index (χ2v) is 2.10. The van der Waals surface area contributed by atoms with Gasteiger partial charge >= 0.3 is 65.1 Å². The van der Waals surface area contributed by atoms with E-state index < -0.39 is 23.4 Å². The first kappa shape index (κ1) is 24.2. The number of carboxylic acids is 1. The number of hydrogen-bond donors (Lipinski definition) is 3. The van der Waals surface area contributed by atoms with Crippen molar-refractivity contribution in [3.63, 3.8) is 0 Å². The summed E-state index contributed by atoms with van der Waals surface area (Å²) in [5, 5.41) is 8.01.